The molecule has 10 heteroatoms. The van der Waals surface area contributed by atoms with Crippen molar-refractivity contribution < 1.29 is 28.7 Å². The van der Waals surface area contributed by atoms with E-state index in [0.717, 1.165) is 37.0 Å². The lowest BCUT2D eigenvalue weighted by molar-refractivity contribution is -0.150. The van der Waals surface area contributed by atoms with Crippen LogP contribution in [0.25, 0.3) is 0 Å². The van der Waals surface area contributed by atoms with Crippen molar-refractivity contribution in [1.29, 1.82) is 0 Å². The van der Waals surface area contributed by atoms with Gasteiger partial charge in [0, 0.05) is 17.3 Å². The molecule has 0 aromatic heterocycles. The number of hydrogen-bond donors (Lipinski definition) is 3. The highest BCUT2D eigenvalue weighted by atomic mass is 16.5. The SMILES string of the molecule is CCC1CCC2(CC1)NC(=O)N(CC(=O)OCC(=O)Nc1cccc(C(=O)NC3CC3)c1)C2=O. The van der Waals surface area contributed by atoms with Gasteiger partial charge in [-0.25, -0.2) is 4.79 Å². The maximum absolute atomic E-state index is 12.9. The molecule has 3 fully saturated rings. The van der Waals surface area contributed by atoms with Crippen LogP contribution >= 0.6 is 0 Å². The summed E-state index contributed by atoms with van der Waals surface area (Å²) in [4.78, 5) is 62.7. The first kappa shape index (κ1) is 23.7. The summed E-state index contributed by atoms with van der Waals surface area (Å²) in [5.74, 6) is -1.52. The third-order valence-electron chi connectivity index (χ3n) is 6.75. The number of carbonyl (C=O) groups excluding carboxylic acids is 5. The molecule has 34 heavy (non-hydrogen) atoms. The number of benzene rings is 1. The zero-order chi connectivity index (χ0) is 24.3. The number of hydrogen-bond acceptors (Lipinski definition) is 6. The number of amides is 5. The molecule has 0 unspecified atom stereocenters. The smallest absolute Gasteiger partial charge is 0.326 e. The lowest BCUT2D eigenvalue weighted by Crippen LogP contribution is -2.49. The van der Waals surface area contributed by atoms with Crippen LogP contribution in [0.3, 0.4) is 0 Å². The Balaban J connectivity index is 1.25. The molecule has 0 atom stereocenters. The van der Waals surface area contributed by atoms with Gasteiger partial charge in [-0.05, 0) is 62.6 Å². The van der Waals surface area contributed by atoms with E-state index in [9.17, 15) is 24.0 Å². The average molecular weight is 471 g/mol. The molecule has 1 aromatic carbocycles. The highest BCUT2D eigenvalue weighted by Gasteiger charge is 2.52. The van der Waals surface area contributed by atoms with Gasteiger partial charge in [0.2, 0.25) is 0 Å². The summed E-state index contributed by atoms with van der Waals surface area (Å²) in [5, 5.41) is 8.21. The van der Waals surface area contributed by atoms with Crippen molar-refractivity contribution in [2.75, 3.05) is 18.5 Å². The van der Waals surface area contributed by atoms with Gasteiger partial charge in [0.15, 0.2) is 6.61 Å². The maximum Gasteiger partial charge on any atom is 0.326 e. The van der Waals surface area contributed by atoms with Crippen LogP contribution in [-0.4, -0.2) is 59.4 Å². The second kappa shape index (κ2) is 9.82. The molecule has 2 saturated carbocycles. The highest BCUT2D eigenvalue weighted by Crippen LogP contribution is 2.37. The van der Waals surface area contributed by atoms with Crippen LogP contribution in [0, 0.1) is 5.92 Å². The van der Waals surface area contributed by atoms with E-state index in [-0.39, 0.29) is 11.9 Å². The number of urea groups is 1. The van der Waals surface area contributed by atoms with Gasteiger partial charge < -0.3 is 20.7 Å². The number of imide groups is 1. The zero-order valence-electron chi connectivity index (χ0n) is 19.2. The minimum absolute atomic E-state index is 0.209. The van der Waals surface area contributed by atoms with Crippen molar-refractivity contribution in [1.82, 2.24) is 15.5 Å². The van der Waals surface area contributed by atoms with E-state index in [4.69, 9.17) is 4.74 Å². The number of carbonyl (C=O) groups is 5. The van der Waals surface area contributed by atoms with Gasteiger partial charge >= 0.3 is 12.0 Å². The van der Waals surface area contributed by atoms with E-state index < -0.39 is 42.5 Å². The van der Waals surface area contributed by atoms with Crippen LogP contribution in [0.4, 0.5) is 10.5 Å². The van der Waals surface area contributed by atoms with Crippen molar-refractivity contribution >= 4 is 35.4 Å². The molecular weight excluding hydrogens is 440 g/mol. The zero-order valence-corrected chi connectivity index (χ0v) is 19.2. The lowest BCUT2D eigenvalue weighted by atomic mass is 9.75. The molecule has 1 spiro atoms. The third kappa shape index (κ3) is 5.37. The fourth-order valence-electron chi connectivity index (χ4n) is 4.49. The van der Waals surface area contributed by atoms with Gasteiger partial charge in [-0.15, -0.1) is 0 Å². The summed E-state index contributed by atoms with van der Waals surface area (Å²) in [5.41, 5.74) is -0.123. The van der Waals surface area contributed by atoms with Gasteiger partial charge in [-0.2, -0.15) is 0 Å². The molecule has 10 nitrogen and oxygen atoms in total. The molecule has 1 aromatic rings. The van der Waals surface area contributed by atoms with Crippen molar-refractivity contribution in [2.45, 2.75) is 63.5 Å². The molecule has 1 aliphatic heterocycles. The number of nitrogens with one attached hydrogen (secondary N) is 3. The Kier molecular flexibility index (Phi) is 6.85. The Bertz CT molecular complexity index is 997. The molecule has 1 heterocycles. The molecular formula is C24H30N4O6. The molecule has 2 aliphatic carbocycles. The average Bonchev–Trinajstić information content (AvgIpc) is 3.61. The standard InChI is InChI=1S/C24H30N4O6/c1-2-15-8-10-24(11-9-15)22(32)28(23(33)27-24)13-20(30)34-14-19(29)25-18-5-3-4-16(12-18)21(31)26-17-6-7-17/h3-5,12,15,17H,2,6-11,13-14H2,1H3,(H,25,29)(H,26,31)(H,27,33). The lowest BCUT2D eigenvalue weighted by Gasteiger charge is -2.34. The Morgan fingerprint density at radius 1 is 1.15 bits per heavy atom. The molecule has 182 valence electrons. The van der Waals surface area contributed by atoms with Gasteiger partial charge in [0.05, 0.1) is 0 Å². The second-order valence-electron chi connectivity index (χ2n) is 9.29. The number of esters is 1. The quantitative estimate of drug-likeness (QED) is 0.393. The molecule has 5 amide bonds. The minimum atomic E-state index is -0.933. The fraction of sp³-hybridized carbons (Fsp3) is 0.542. The predicted molar refractivity (Wildman–Crippen MR) is 122 cm³/mol. The van der Waals surface area contributed by atoms with Crippen molar-refractivity contribution in [2.24, 2.45) is 5.92 Å². The minimum Gasteiger partial charge on any atom is -0.454 e. The van der Waals surface area contributed by atoms with Gasteiger partial charge in [-0.3, -0.25) is 24.1 Å². The van der Waals surface area contributed by atoms with E-state index in [1.54, 1.807) is 18.2 Å². The van der Waals surface area contributed by atoms with Gasteiger partial charge in [-0.1, -0.05) is 19.4 Å². The normalized spacial score (nSPS) is 24.0. The van der Waals surface area contributed by atoms with Crippen LogP contribution in [0.1, 0.15) is 62.2 Å². The molecule has 1 saturated heterocycles. The van der Waals surface area contributed by atoms with E-state index in [0.29, 0.717) is 30.0 Å². The van der Waals surface area contributed by atoms with Crippen LogP contribution in [0.2, 0.25) is 0 Å². The Labute approximate surface area is 197 Å². The fourth-order valence-corrected chi connectivity index (χ4v) is 4.49. The molecule has 3 aliphatic rings. The first-order valence-corrected chi connectivity index (χ1v) is 11.8. The Morgan fingerprint density at radius 3 is 2.56 bits per heavy atom. The number of ether oxygens (including phenoxy) is 1. The highest BCUT2D eigenvalue weighted by molar-refractivity contribution is 6.08. The van der Waals surface area contributed by atoms with E-state index >= 15 is 0 Å². The topological polar surface area (TPSA) is 134 Å². The maximum atomic E-state index is 12.9. The molecule has 4 rings (SSSR count). The van der Waals surface area contributed by atoms with Crippen molar-refractivity contribution in [3.63, 3.8) is 0 Å². The number of anilines is 1. The summed E-state index contributed by atoms with van der Waals surface area (Å²) in [6.45, 7) is 0.983. The van der Waals surface area contributed by atoms with Crippen LogP contribution in [-0.2, 0) is 19.1 Å². The largest absolute Gasteiger partial charge is 0.454 e. The number of nitrogens with zero attached hydrogens (tertiary/aromatic N) is 1. The van der Waals surface area contributed by atoms with Crippen LogP contribution < -0.4 is 16.0 Å². The Hall–Kier alpha value is -3.43. The molecule has 0 radical (unpaired) electrons. The van der Waals surface area contributed by atoms with Crippen molar-refractivity contribution in [3.05, 3.63) is 29.8 Å². The van der Waals surface area contributed by atoms with Crippen molar-refractivity contribution in [3.8, 4) is 0 Å². The van der Waals surface area contributed by atoms with E-state index in [2.05, 4.69) is 22.9 Å². The first-order chi connectivity index (χ1) is 16.3. The monoisotopic (exact) mass is 470 g/mol. The third-order valence-corrected chi connectivity index (χ3v) is 6.75. The van der Waals surface area contributed by atoms with E-state index in [1.807, 2.05) is 0 Å². The predicted octanol–water partition coefficient (Wildman–Crippen LogP) is 1.95. The summed E-state index contributed by atoms with van der Waals surface area (Å²) >= 11 is 0. The van der Waals surface area contributed by atoms with Gasteiger partial charge in [0.25, 0.3) is 17.7 Å². The van der Waals surface area contributed by atoms with Crippen LogP contribution in [0.15, 0.2) is 24.3 Å². The summed E-state index contributed by atoms with van der Waals surface area (Å²) in [6.07, 6.45) is 5.80. The van der Waals surface area contributed by atoms with E-state index in [1.165, 1.54) is 6.07 Å². The molecule has 0 bridgehead atoms. The second-order valence-corrected chi connectivity index (χ2v) is 9.29. The summed E-state index contributed by atoms with van der Waals surface area (Å²) in [7, 11) is 0. The van der Waals surface area contributed by atoms with Crippen LogP contribution in [0.5, 0.6) is 0 Å². The molecule has 3 N–H and O–H groups in total. The summed E-state index contributed by atoms with van der Waals surface area (Å²) < 4.78 is 4.98. The first-order valence-electron chi connectivity index (χ1n) is 11.8. The Morgan fingerprint density at radius 2 is 1.88 bits per heavy atom. The summed E-state index contributed by atoms with van der Waals surface area (Å²) in [6, 6.07) is 6.06. The number of rotatable bonds is 8. The van der Waals surface area contributed by atoms with Gasteiger partial charge in [0.1, 0.15) is 12.1 Å².